The molecule has 3 atom stereocenters. The van der Waals surface area contributed by atoms with Crippen molar-refractivity contribution >= 4 is 23.9 Å². The van der Waals surface area contributed by atoms with E-state index in [2.05, 4.69) is 0 Å². The molecule has 0 saturated carbocycles. The van der Waals surface area contributed by atoms with E-state index in [9.17, 15) is 32.7 Å². The van der Waals surface area contributed by atoms with Gasteiger partial charge in [0.1, 0.15) is 6.04 Å². The van der Waals surface area contributed by atoms with Crippen molar-refractivity contribution in [1.29, 1.82) is 0 Å². The lowest BCUT2D eigenvalue weighted by molar-refractivity contribution is -0.165. The predicted molar refractivity (Wildman–Crippen MR) is 119 cm³/mol. The number of likely N-dealkylation sites (tertiary alicyclic amines) is 1. The first-order valence-electron chi connectivity index (χ1n) is 10.7. The summed E-state index contributed by atoms with van der Waals surface area (Å²) >= 11 is 0. The van der Waals surface area contributed by atoms with Crippen molar-refractivity contribution in [2.75, 3.05) is 7.05 Å². The van der Waals surface area contributed by atoms with E-state index in [1.165, 1.54) is 24.1 Å². The first-order valence-corrected chi connectivity index (χ1v) is 10.7. The monoisotopic (exact) mass is 474 g/mol. The Hall–Kier alpha value is -3.62. The molecule has 0 spiro atoms. The number of hydrogen-bond acceptors (Lipinski definition) is 3. The van der Waals surface area contributed by atoms with Gasteiger partial charge in [0, 0.05) is 13.6 Å². The van der Waals surface area contributed by atoms with Gasteiger partial charge < -0.3 is 14.9 Å². The first kappa shape index (κ1) is 25.0. The van der Waals surface area contributed by atoms with Crippen molar-refractivity contribution in [2.24, 2.45) is 5.92 Å². The minimum atomic E-state index is -4.52. The molecule has 1 aliphatic rings. The molecule has 1 aliphatic heterocycles. The fourth-order valence-electron chi connectivity index (χ4n) is 4.00. The van der Waals surface area contributed by atoms with Crippen LogP contribution in [0.4, 0.5) is 13.2 Å². The van der Waals surface area contributed by atoms with E-state index in [0.29, 0.717) is 0 Å². The van der Waals surface area contributed by atoms with Crippen molar-refractivity contribution in [2.45, 2.75) is 38.1 Å². The highest BCUT2D eigenvalue weighted by Gasteiger charge is 2.49. The first-order chi connectivity index (χ1) is 16.0. The Bertz CT molecular complexity index is 1090. The van der Waals surface area contributed by atoms with E-state index in [0.717, 1.165) is 22.6 Å². The number of carbonyl (C=O) groups excluding carboxylic acids is 2. The molecular formula is C25H25F3N2O4. The number of carboxylic acids is 1. The van der Waals surface area contributed by atoms with Gasteiger partial charge in [-0.25, -0.2) is 0 Å². The molecule has 9 heteroatoms. The second-order valence-electron chi connectivity index (χ2n) is 8.30. The summed E-state index contributed by atoms with van der Waals surface area (Å²) in [6.45, 7) is 1.54. The van der Waals surface area contributed by atoms with Crippen LogP contribution in [0.1, 0.15) is 30.0 Å². The highest BCUT2D eigenvalue weighted by molar-refractivity contribution is 5.95. The number of β-lactam (4-membered cyclic amide) rings is 1. The van der Waals surface area contributed by atoms with Crippen LogP contribution in [0.25, 0.3) is 6.08 Å². The van der Waals surface area contributed by atoms with Crippen molar-refractivity contribution in [1.82, 2.24) is 9.80 Å². The van der Waals surface area contributed by atoms with Crippen molar-refractivity contribution in [3.05, 3.63) is 77.4 Å². The summed E-state index contributed by atoms with van der Waals surface area (Å²) in [4.78, 5) is 39.8. The van der Waals surface area contributed by atoms with Crippen molar-refractivity contribution in [3.63, 3.8) is 0 Å². The van der Waals surface area contributed by atoms with Crippen LogP contribution in [0.5, 0.6) is 0 Å². The predicted octanol–water partition coefficient (Wildman–Crippen LogP) is 4.07. The fourth-order valence-corrected chi connectivity index (χ4v) is 4.00. The number of rotatable bonds is 8. The largest absolute Gasteiger partial charge is 0.481 e. The molecular weight excluding hydrogens is 449 g/mol. The van der Waals surface area contributed by atoms with Gasteiger partial charge in [0.2, 0.25) is 11.8 Å². The van der Waals surface area contributed by atoms with Crippen LogP contribution in [0.3, 0.4) is 0 Å². The van der Waals surface area contributed by atoms with Gasteiger partial charge in [-0.1, -0.05) is 61.5 Å². The second kappa shape index (κ2) is 10.1. The van der Waals surface area contributed by atoms with Gasteiger partial charge in [-0.15, -0.1) is 0 Å². The molecule has 3 rings (SSSR count). The average molecular weight is 474 g/mol. The maximum atomic E-state index is 13.2. The summed E-state index contributed by atoms with van der Waals surface area (Å²) in [5.74, 6) is -2.70. The Labute approximate surface area is 195 Å². The minimum Gasteiger partial charge on any atom is -0.481 e. The summed E-state index contributed by atoms with van der Waals surface area (Å²) in [7, 11) is 1.37. The number of carboxylic acid groups (broad SMARTS) is 1. The molecule has 2 aromatic rings. The van der Waals surface area contributed by atoms with Crippen molar-refractivity contribution in [3.8, 4) is 0 Å². The Kier molecular flexibility index (Phi) is 7.44. The molecule has 1 heterocycles. The molecule has 2 aromatic carbocycles. The van der Waals surface area contributed by atoms with E-state index < -0.39 is 48.0 Å². The Morgan fingerprint density at radius 1 is 1.15 bits per heavy atom. The minimum absolute atomic E-state index is 0.166. The van der Waals surface area contributed by atoms with Gasteiger partial charge in [-0.3, -0.25) is 14.4 Å². The van der Waals surface area contributed by atoms with Crippen LogP contribution < -0.4 is 0 Å². The maximum absolute atomic E-state index is 13.2. The topological polar surface area (TPSA) is 77.9 Å². The lowest BCUT2D eigenvalue weighted by Crippen LogP contribution is -2.66. The van der Waals surface area contributed by atoms with Crippen LogP contribution >= 0.6 is 0 Å². The molecule has 6 nitrogen and oxygen atoms in total. The van der Waals surface area contributed by atoms with Crippen LogP contribution in [0.2, 0.25) is 0 Å². The fraction of sp³-hybridized carbons (Fsp3) is 0.320. The molecule has 180 valence electrons. The number of hydrogen-bond donors (Lipinski definition) is 1. The van der Waals surface area contributed by atoms with E-state index in [1.54, 1.807) is 19.1 Å². The van der Waals surface area contributed by atoms with E-state index in [-0.39, 0.29) is 18.0 Å². The molecule has 1 fully saturated rings. The zero-order valence-corrected chi connectivity index (χ0v) is 18.7. The summed E-state index contributed by atoms with van der Waals surface area (Å²) in [6.07, 6.45) is -1.57. The number of alkyl halides is 3. The maximum Gasteiger partial charge on any atom is 0.416 e. The van der Waals surface area contributed by atoms with Crippen LogP contribution in [-0.2, 0) is 27.1 Å². The van der Waals surface area contributed by atoms with E-state index >= 15 is 0 Å². The summed E-state index contributed by atoms with van der Waals surface area (Å²) in [5, 5.41) is 9.39. The Balaban J connectivity index is 1.81. The van der Waals surface area contributed by atoms with Crippen molar-refractivity contribution < 1.29 is 32.7 Å². The molecule has 0 radical (unpaired) electrons. The number of amides is 2. The molecule has 0 bridgehead atoms. The summed E-state index contributed by atoms with van der Waals surface area (Å²) in [5.41, 5.74) is 0.283. The number of aliphatic carboxylic acids is 1. The lowest BCUT2D eigenvalue weighted by Gasteiger charge is -2.48. The Morgan fingerprint density at radius 2 is 1.82 bits per heavy atom. The number of nitrogens with zero attached hydrogens (tertiary/aromatic N) is 2. The number of carbonyl (C=O) groups is 3. The van der Waals surface area contributed by atoms with E-state index in [4.69, 9.17) is 0 Å². The lowest BCUT2D eigenvalue weighted by atomic mass is 9.85. The summed E-state index contributed by atoms with van der Waals surface area (Å²) in [6, 6.07) is 12.1. The van der Waals surface area contributed by atoms with Gasteiger partial charge in [0.15, 0.2) is 0 Å². The van der Waals surface area contributed by atoms with Gasteiger partial charge >= 0.3 is 12.1 Å². The van der Waals surface area contributed by atoms with Gasteiger partial charge in [-0.2, -0.15) is 13.2 Å². The third kappa shape index (κ3) is 5.65. The highest BCUT2D eigenvalue weighted by Crippen LogP contribution is 2.33. The van der Waals surface area contributed by atoms with Crippen LogP contribution in [-0.4, -0.2) is 51.8 Å². The average Bonchev–Trinajstić information content (AvgIpc) is 2.79. The SMILES string of the molecule is C[C@@H]1C(=O)N([C@H](CC(=O)O)C(=O)N(C)Cc2cccc(C(F)(F)F)c2)[C@@H]1/C=C/c1ccccc1. The highest BCUT2D eigenvalue weighted by atomic mass is 19.4. The quantitative estimate of drug-likeness (QED) is 0.586. The number of halogens is 3. The molecule has 34 heavy (non-hydrogen) atoms. The van der Waals surface area contributed by atoms with Gasteiger partial charge in [0.05, 0.1) is 23.9 Å². The molecule has 1 N–H and O–H groups in total. The standard InChI is InChI=1S/C25H25F3N2O4/c1-16-20(12-11-17-7-4-3-5-8-17)30(23(16)33)21(14-22(31)32)24(34)29(2)15-18-9-6-10-19(13-18)25(26,27)28/h3-13,16,20-21H,14-15H2,1-2H3,(H,31,32)/b12-11+/t16-,20+,21+/m0/s1. The Morgan fingerprint density at radius 3 is 2.44 bits per heavy atom. The number of benzene rings is 2. The zero-order valence-electron chi connectivity index (χ0n) is 18.7. The van der Waals surface area contributed by atoms with Gasteiger partial charge in [0.25, 0.3) is 0 Å². The van der Waals surface area contributed by atoms with E-state index in [1.807, 2.05) is 30.3 Å². The number of likely N-dealkylation sites (N-methyl/N-ethyl adjacent to an activating group) is 1. The molecule has 0 unspecified atom stereocenters. The van der Waals surface area contributed by atoms with Crippen LogP contribution in [0, 0.1) is 5.92 Å². The molecule has 2 amide bonds. The van der Waals surface area contributed by atoms with Gasteiger partial charge in [-0.05, 0) is 23.3 Å². The normalized spacial score (nSPS) is 19.1. The molecule has 0 aromatic heterocycles. The zero-order chi connectivity index (χ0) is 25.0. The van der Waals surface area contributed by atoms with Crippen LogP contribution in [0.15, 0.2) is 60.7 Å². The smallest absolute Gasteiger partial charge is 0.416 e. The second-order valence-corrected chi connectivity index (χ2v) is 8.30. The third-order valence-electron chi connectivity index (χ3n) is 5.80. The molecule has 0 aliphatic carbocycles. The molecule has 1 saturated heterocycles. The third-order valence-corrected chi connectivity index (χ3v) is 5.80. The summed E-state index contributed by atoms with van der Waals surface area (Å²) < 4.78 is 39.0.